The highest BCUT2D eigenvalue weighted by Crippen LogP contribution is 2.22. The topological polar surface area (TPSA) is 58.4 Å². The lowest BCUT2D eigenvalue weighted by Crippen LogP contribution is -2.30. The van der Waals surface area contributed by atoms with Gasteiger partial charge in [-0.3, -0.25) is 9.20 Å². The first-order valence-electron chi connectivity index (χ1n) is 9.09. The maximum absolute atomic E-state index is 12.7. The third-order valence-electron chi connectivity index (χ3n) is 4.75. The number of amides is 1. The Labute approximate surface area is 158 Å². The number of anilines is 1. The third-order valence-corrected chi connectivity index (χ3v) is 4.75. The van der Waals surface area contributed by atoms with Crippen LogP contribution in [-0.2, 0) is 0 Å². The zero-order valence-corrected chi connectivity index (χ0v) is 15.5. The molecule has 0 saturated heterocycles. The maximum atomic E-state index is 12.7. The van der Waals surface area contributed by atoms with E-state index in [2.05, 4.69) is 39.9 Å². The number of aromatic nitrogens is 2. The normalized spacial score (nSPS) is 11.0. The fraction of sp³-hybridized carbons (Fsp3) is 0.182. The van der Waals surface area contributed by atoms with E-state index in [1.807, 2.05) is 54.8 Å². The Hall–Kier alpha value is -3.34. The van der Waals surface area contributed by atoms with Gasteiger partial charge in [0.15, 0.2) is 0 Å². The predicted octanol–water partition coefficient (Wildman–Crippen LogP) is 3.95. The Morgan fingerprint density at radius 2 is 1.81 bits per heavy atom. The maximum Gasteiger partial charge on any atom is 0.270 e. The van der Waals surface area contributed by atoms with Crippen LogP contribution in [0, 0.1) is 13.8 Å². The zero-order chi connectivity index (χ0) is 18.8. The van der Waals surface area contributed by atoms with E-state index in [1.54, 1.807) is 0 Å². The minimum absolute atomic E-state index is 0.106. The summed E-state index contributed by atoms with van der Waals surface area (Å²) in [7, 11) is 0. The number of hydrogen-bond donors (Lipinski definition) is 2. The number of rotatable bonds is 5. The molecule has 0 aliphatic carbocycles. The lowest BCUT2D eigenvalue weighted by atomic mass is 10.1. The van der Waals surface area contributed by atoms with Crippen LogP contribution in [-0.4, -0.2) is 28.4 Å². The van der Waals surface area contributed by atoms with Gasteiger partial charge in [0.05, 0.1) is 5.69 Å². The van der Waals surface area contributed by atoms with Crippen LogP contribution >= 0.6 is 0 Å². The highest BCUT2D eigenvalue weighted by Gasteiger charge is 2.16. The van der Waals surface area contributed by atoms with Gasteiger partial charge in [0.25, 0.3) is 5.91 Å². The fourth-order valence-corrected chi connectivity index (χ4v) is 3.43. The van der Waals surface area contributed by atoms with Crippen molar-refractivity contribution in [1.82, 2.24) is 14.7 Å². The van der Waals surface area contributed by atoms with Crippen molar-refractivity contribution in [2.45, 2.75) is 13.8 Å². The van der Waals surface area contributed by atoms with Crippen LogP contribution in [0.25, 0.3) is 16.4 Å². The molecule has 2 aromatic heterocycles. The van der Waals surface area contributed by atoms with Gasteiger partial charge in [-0.1, -0.05) is 42.5 Å². The number of nitrogens with zero attached hydrogens (tertiary/aromatic N) is 2. The van der Waals surface area contributed by atoms with E-state index in [-0.39, 0.29) is 5.91 Å². The smallest absolute Gasteiger partial charge is 0.270 e. The van der Waals surface area contributed by atoms with Crippen LogP contribution in [0.3, 0.4) is 0 Å². The molecule has 0 bridgehead atoms. The summed E-state index contributed by atoms with van der Waals surface area (Å²) in [6.45, 7) is 5.04. The molecule has 5 heteroatoms. The molecule has 4 aromatic rings. The molecule has 2 heterocycles. The van der Waals surface area contributed by atoms with Crippen LogP contribution in [0.2, 0.25) is 0 Å². The van der Waals surface area contributed by atoms with Gasteiger partial charge in [0.1, 0.15) is 11.3 Å². The number of imidazole rings is 1. The second-order valence-electron chi connectivity index (χ2n) is 6.64. The van der Waals surface area contributed by atoms with E-state index in [4.69, 9.17) is 0 Å². The molecule has 0 aliphatic rings. The average molecular weight is 358 g/mol. The van der Waals surface area contributed by atoms with Gasteiger partial charge in [0.2, 0.25) is 0 Å². The molecule has 0 atom stereocenters. The van der Waals surface area contributed by atoms with E-state index in [0.717, 1.165) is 22.6 Å². The van der Waals surface area contributed by atoms with Crippen LogP contribution in [0.4, 0.5) is 5.69 Å². The first-order chi connectivity index (χ1) is 13.1. The molecule has 2 aromatic carbocycles. The van der Waals surface area contributed by atoms with Crippen LogP contribution < -0.4 is 10.6 Å². The van der Waals surface area contributed by atoms with Crippen molar-refractivity contribution < 1.29 is 4.79 Å². The number of carbonyl (C=O) groups excluding carboxylic acids is 1. The van der Waals surface area contributed by atoms with Crippen molar-refractivity contribution in [3.63, 3.8) is 0 Å². The largest absolute Gasteiger partial charge is 0.383 e. The Morgan fingerprint density at radius 1 is 1.00 bits per heavy atom. The number of nitrogens with one attached hydrogen (secondary N) is 2. The van der Waals surface area contributed by atoms with Gasteiger partial charge >= 0.3 is 0 Å². The molecule has 2 N–H and O–H groups in total. The summed E-state index contributed by atoms with van der Waals surface area (Å²) >= 11 is 0. The minimum Gasteiger partial charge on any atom is -0.383 e. The lowest BCUT2D eigenvalue weighted by Gasteiger charge is -2.11. The van der Waals surface area contributed by atoms with E-state index < -0.39 is 0 Å². The Balaban J connectivity index is 1.43. The summed E-state index contributed by atoms with van der Waals surface area (Å²) in [4.78, 5) is 17.2. The number of aryl methyl sites for hydroxylation is 2. The third kappa shape index (κ3) is 3.24. The van der Waals surface area contributed by atoms with Gasteiger partial charge in [-0.05, 0) is 36.9 Å². The highest BCUT2D eigenvalue weighted by atomic mass is 16.1. The summed E-state index contributed by atoms with van der Waals surface area (Å²) < 4.78 is 1.86. The van der Waals surface area contributed by atoms with Crippen molar-refractivity contribution in [3.8, 4) is 0 Å². The Kier molecular flexibility index (Phi) is 4.50. The van der Waals surface area contributed by atoms with E-state index >= 15 is 0 Å². The van der Waals surface area contributed by atoms with Crippen LogP contribution in [0.1, 0.15) is 21.7 Å². The SMILES string of the molecule is Cc1nc2c(C)cccn2c1C(=O)NCCNc1cccc2ccccc12. The molecular weight excluding hydrogens is 336 g/mol. The number of benzene rings is 2. The molecule has 1 amide bonds. The van der Waals surface area contributed by atoms with Gasteiger partial charge in [-0.25, -0.2) is 4.98 Å². The van der Waals surface area contributed by atoms with Gasteiger partial charge in [-0.2, -0.15) is 0 Å². The van der Waals surface area contributed by atoms with Crippen molar-refractivity contribution >= 4 is 28.0 Å². The molecule has 4 rings (SSSR count). The molecule has 0 spiro atoms. The quantitative estimate of drug-likeness (QED) is 0.531. The number of fused-ring (bicyclic) bond motifs is 2. The number of carbonyl (C=O) groups is 1. The predicted molar refractivity (Wildman–Crippen MR) is 109 cm³/mol. The van der Waals surface area contributed by atoms with Crippen molar-refractivity contribution in [2.75, 3.05) is 18.4 Å². The first-order valence-corrected chi connectivity index (χ1v) is 9.09. The van der Waals surface area contributed by atoms with Crippen molar-refractivity contribution in [3.05, 3.63) is 77.7 Å². The fourth-order valence-electron chi connectivity index (χ4n) is 3.43. The molecule has 0 fully saturated rings. The molecule has 27 heavy (non-hydrogen) atoms. The van der Waals surface area contributed by atoms with E-state index in [9.17, 15) is 4.79 Å². The molecular formula is C22H22N4O. The Bertz CT molecular complexity index is 1120. The average Bonchev–Trinajstić information content (AvgIpc) is 3.02. The molecule has 5 nitrogen and oxygen atoms in total. The first kappa shape index (κ1) is 17.1. The second kappa shape index (κ2) is 7.11. The Morgan fingerprint density at radius 3 is 2.70 bits per heavy atom. The van der Waals surface area contributed by atoms with Gasteiger partial charge in [-0.15, -0.1) is 0 Å². The molecule has 0 saturated carbocycles. The monoisotopic (exact) mass is 358 g/mol. The van der Waals surface area contributed by atoms with E-state index in [0.29, 0.717) is 18.8 Å². The van der Waals surface area contributed by atoms with Crippen molar-refractivity contribution in [2.24, 2.45) is 0 Å². The van der Waals surface area contributed by atoms with Gasteiger partial charge in [0, 0.05) is 30.4 Å². The molecule has 0 aliphatic heterocycles. The lowest BCUT2D eigenvalue weighted by molar-refractivity contribution is 0.0948. The summed E-state index contributed by atoms with van der Waals surface area (Å²) in [5, 5.41) is 8.78. The second-order valence-corrected chi connectivity index (χ2v) is 6.64. The standard InChI is InChI=1S/C22H22N4O/c1-15-7-6-14-26-20(16(2)25-21(15)26)22(27)24-13-12-23-19-11-5-9-17-8-3-4-10-18(17)19/h3-11,14,23H,12-13H2,1-2H3,(H,24,27). The van der Waals surface area contributed by atoms with Crippen molar-refractivity contribution in [1.29, 1.82) is 0 Å². The molecule has 0 unspecified atom stereocenters. The molecule has 136 valence electrons. The number of hydrogen-bond acceptors (Lipinski definition) is 3. The van der Waals surface area contributed by atoms with Gasteiger partial charge < -0.3 is 10.6 Å². The summed E-state index contributed by atoms with van der Waals surface area (Å²) in [6.07, 6.45) is 1.88. The number of pyridine rings is 1. The zero-order valence-electron chi connectivity index (χ0n) is 15.5. The minimum atomic E-state index is -0.106. The van der Waals surface area contributed by atoms with Crippen LogP contribution in [0.5, 0.6) is 0 Å². The van der Waals surface area contributed by atoms with E-state index in [1.165, 1.54) is 10.8 Å². The molecule has 0 radical (unpaired) electrons. The summed E-state index contributed by atoms with van der Waals surface area (Å²) in [5.41, 5.74) is 4.29. The van der Waals surface area contributed by atoms with Crippen LogP contribution in [0.15, 0.2) is 60.8 Å². The highest BCUT2D eigenvalue weighted by molar-refractivity contribution is 5.95. The summed E-state index contributed by atoms with van der Waals surface area (Å²) in [6, 6.07) is 18.4. The summed E-state index contributed by atoms with van der Waals surface area (Å²) in [5.74, 6) is -0.106.